The first-order valence-corrected chi connectivity index (χ1v) is 7.44. The number of terminal acetylenes is 1. The molecule has 2 N–H and O–H groups in total. The normalized spacial score (nSPS) is 10.7. The SMILES string of the molecule is C#CCNC(=NCCCN(C)Cc1ccccc1)NCC.I. The smallest absolute Gasteiger partial charge is 0.192 e. The molecule has 0 heterocycles. The third-order valence-corrected chi connectivity index (χ3v) is 2.97. The van der Waals surface area contributed by atoms with Crippen LogP contribution < -0.4 is 10.6 Å². The average molecular weight is 414 g/mol. The summed E-state index contributed by atoms with van der Waals surface area (Å²) in [6.07, 6.45) is 6.26. The highest BCUT2D eigenvalue weighted by atomic mass is 127. The highest BCUT2D eigenvalue weighted by Crippen LogP contribution is 2.02. The Morgan fingerprint density at radius 2 is 2.00 bits per heavy atom. The van der Waals surface area contributed by atoms with Gasteiger partial charge in [0.25, 0.3) is 0 Å². The van der Waals surface area contributed by atoms with E-state index in [9.17, 15) is 0 Å². The van der Waals surface area contributed by atoms with Crippen LogP contribution in [-0.2, 0) is 6.54 Å². The van der Waals surface area contributed by atoms with E-state index in [-0.39, 0.29) is 24.0 Å². The minimum absolute atomic E-state index is 0. The van der Waals surface area contributed by atoms with E-state index in [2.05, 4.69) is 57.8 Å². The Hall–Kier alpha value is -1.26. The quantitative estimate of drug-likeness (QED) is 0.226. The van der Waals surface area contributed by atoms with Crippen LogP contribution in [0.1, 0.15) is 18.9 Å². The minimum Gasteiger partial charge on any atom is -0.357 e. The summed E-state index contributed by atoms with van der Waals surface area (Å²) in [4.78, 5) is 6.81. The van der Waals surface area contributed by atoms with Crippen LogP contribution in [0, 0.1) is 12.3 Å². The highest BCUT2D eigenvalue weighted by Gasteiger charge is 2.00. The molecule has 0 spiro atoms. The molecule has 22 heavy (non-hydrogen) atoms. The van der Waals surface area contributed by atoms with Crippen molar-refractivity contribution in [1.82, 2.24) is 15.5 Å². The third-order valence-electron chi connectivity index (χ3n) is 2.97. The molecule has 0 bridgehead atoms. The zero-order valence-electron chi connectivity index (χ0n) is 13.5. The van der Waals surface area contributed by atoms with Gasteiger partial charge in [-0.1, -0.05) is 36.3 Å². The number of hydrogen-bond donors (Lipinski definition) is 2. The molecular formula is C17H27IN4. The van der Waals surface area contributed by atoms with E-state index < -0.39 is 0 Å². The van der Waals surface area contributed by atoms with Crippen molar-refractivity contribution in [1.29, 1.82) is 0 Å². The van der Waals surface area contributed by atoms with Gasteiger partial charge in [-0.15, -0.1) is 30.4 Å². The molecule has 4 nitrogen and oxygen atoms in total. The van der Waals surface area contributed by atoms with Crippen LogP contribution in [0.4, 0.5) is 0 Å². The average Bonchev–Trinajstić information content (AvgIpc) is 2.50. The molecule has 1 aromatic rings. The minimum atomic E-state index is 0. The van der Waals surface area contributed by atoms with Gasteiger partial charge in [0.2, 0.25) is 0 Å². The van der Waals surface area contributed by atoms with Gasteiger partial charge in [-0.3, -0.25) is 4.99 Å². The van der Waals surface area contributed by atoms with E-state index in [0.29, 0.717) is 6.54 Å². The lowest BCUT2D eigenvalue weighted by Gasteiger charge is -2.16. The van der Waals surface area contributed by atoms with Crippen molar-refractivity contribution < 1.29 is 0 Å². The zero-order valence-corrected chi connectivity index (χ0v) is 15.8. The van der Waals surface area contributed by atoms with Gasteiger partial charge in [-0.2, -0.15) is 0 Å². The first-order valence-electron chi connectivity index (χ1n) is 7.44. The lowest BCUT2D eigenvalue weighted by Crippen LogP contribution is -2.37. The molecular weight excluding hydrogens is 387 g/mol. The van der Waals surface area contributed by atoms with Crippen molar-refractivity contribution in [3.8, 4) is 12.3 Å². The maximum Gasteiger partial charge on any atom is 0.192 e. The number of hydrogen-bond acceptors (Lipinski definition) is 2. The number of rotatable bonds is 8. The molecule has 0 unspecified atom stereocenters. The molecule has 0 saturated carbocycles. The molecule has 0 amide bonds. The number of aliphatic imine (C=N–C) groups is 1. The molecule has 0 saturated heterocycles. The molecule has 0 aliphatic carbocycles. The largest absolute Gasteiger partial charge is 0.357 e. The Morgan fingerprint density at radius 1 is 1.27 bits per heavy atom. The third kappa shape index (κ3) is 9.64. The second-order valence-corrected chi connectivity index (χ2v) is 4.90. The summed E-state index contributed by atoms with van der Waals surface area (Å²) in [6.45, 7) is 6.16. The summed E-state index contributed by atoms with van der Waals surface area (Å²) >= 11 is 0. The van der Waals surface area contributed by atoms with Crippen molar-refractivity contribution in [3.05, 3.63) is 35.9 Å². The van der Waals surface area contributed by atoms with E-state index >= 15 is 0 Å². The Morgan fingerprint density at radius 3 is 2.64 bits per heavy atom. The molecule has 1 aromatic carbocycles. The number of benzene rings is 1. The van der Waals surface area contributed by atoms with Gasteiger partial charge in [0, 0.05) is 19.6 Å². The highest BCUT2D eigenvalue weighted by molar-refractivity contribution is 14.0. The number of halogens is 1. The van der Waals surface area contributed by atoms with Gasteiger partial charge in [-0.05, 0) is 32.5 Å². The molecule has 5 heteroatoms. The zero-order chi connectivity index (χ0) is 15.3. The number of nitrogens with zero attached hydrogens (tertiary/aromatic N) is 2. The summed E-state index contributed by atoms with van der Waals surface area (Å²) in [6, 6.07) is 10.5. The maximum atomic E-state index is 5.24. The molecule has 0 aliphatic heterocycles. The van der Waals surface area contributed by atoms with Crippen LogP contribution in [0.5, 0.6) is 0 Å². The fourth-order valence-corrected chi connectivity index (χ4v) is 1.98. The second kappa shape index (κ2) is 13.4. The molecule has 0 atom stereocenters. The molecule has 122 valence electrons. The standard InChI is InChI=1S/C17H26N4.HI/c1-4-12-19-17(18-5-2)20-13-9-14-21(3)15-16-10-7-6-8-11-16;/h1,6-8,10-11H,5,9,12-15H2,2-3H3,(H2,18,19,20);1H. The van der Waals surface area contributed by atoms with Gasteiger partial charge < -0.3 is 15.5 Å². The van der Waals surface area contributed by atoms with E-state index in [4.69, 9.17) is 6.42 Å². The summed E-state index contributed by atoms with van der Waals surface area (Å²) in [5.41, 5.74) is 1.34. The van der Waals surface area contributed by atoms with Gasteiger partial charge in [0.15, 0.2) is 5.96 Å². The first-order chi connectivity index (χ1) is 10.3. The molecule has 1 rings (SSSR count). The molecule has 0 aliphatic rings. The fourth-order valence-electron chi connectivity index (χ4n) is 1.98. The predicted octanol–water partition coefficient (Wildman–Crippen LogP) is 2.31. The fraction of sp³-hybridized carbons (Fsp3) is 0.471. The Labute approximate surface area is 151 Å². The van der Waals surface area contributed by atoms with Crippen molar-refractivity contribution in [2.45, 2.75) is 19.9 Å². The summed E-state index contributed by atoms with van der Waals surface area (Å²) in [5, 5.41) is 6.26. The van der Waals surface area contributed by atoms with Gasteiger partial charge in [-0.25, -0.2) is 0 Å². The van der Waals surface area contributed by atoms with E-state index in [1.54, 1.807) is 0 Å². The van der Waals surface area contributed by atoms with Crippen LogP contribution in [-0.4, -0.2) is 44.1 Å². The lowest BCUT2D eigenvalue weighted by atomic mass is 10.2. The van der Waals surface area contributed by atoms with E-state index in [1.807, 2.05) is 13.0 Å². The van der Waals surface area contributed by atoms with Crippen molar-refractivity contribution in [2.24, 2.45) is 4.99 Å². The van der Waals surface area contributed by atoms with Crippen molar-refractivity contribution >= 4 is 29.9 Å². The predicted molar refractivity (Wildman–Crippen MR) is 106 cm³/mol. The van der Waals surface area contributed by atoms with Crippen LogP contribution in [0.15, 0.2) is 35.3 Å². The topological polar surface area (TPSA) is 39.7 Å². The van der Waals surface area contributed by atoms with Crippen LogP contribution >= 0.6 is 24.0 Å². The molecule has 0 radical (unpaired) electrons. The number of guanidine groups is 1. The lowest BCUT2D eigenvalue weighted by molar-refractivity contribution is 0.324. The van der Waals surface area contributed by atoms with E-state index in [1.165, 1.54) is 5.56 Å². The van der Waals surface area contributed by atoms with Crippen molar-refractivity contribution in [2.75, 3.05) is 33.2 Å². The van der Waals surface area contributed by atoms with Crippen molar-refractivity contribution in [3.63, 3.8) is 0 Å². The van der Waals surface area contributed by atoms with Crippen LogP contribution in [0.3, 0.4) is 0 Å². The van der Waals surface area contributed by atoms with Gasteiger partial charge in [0.1, 0.15) is 0 Å². The monoisotopic (exact) mass is 414 g/mol. The van der Waals surface area contributed by atoms with E-state index in [0.717, 1.165) is 38.6 Å². The second-order valence-electron chi connectivity index (χ2n) is 4.90. The summed E-state index contributed by atoms with van der Waals surface area (Å²) < 4.78 is 0. The van der Waals surface area contributed by atoms with Crippen LogP contribution in [0.2, 0.25) is 0 Å². The summed E-state index contributed by atoms with van der Waals surface area (Å²) in [5.74, 6) is 3.35. The van der Waals surface area contributed by atoms with Gasteiger partial charge >= 0.3 is 0 Å². The maximum absolute atomic E-state index is 5.24. The molecule has 0 fully saturated rings. The Balaban J connectivity index is 0.00000441. The summed E-state index contributed by atoms with van der Waals surface area (Å²) in [7, 11) is 2.14. The van der Waals surface area contributed by atoms with Gasteiger partial charge in [0.05, 0.1) is 6.54 Å². The number of nitrogens with one attached hydrogen (secondary N) is 2. The van der Waals surface area contributed by atoms with Crippen LogP contribution in [0.25, 0.3) is 0 Å². The Kier molecular flexibility index (Phi) is 12.6. The first kappa shape index (κ1) is 20.7. The molecule has 0 aromatic heterocycles. The Bertz CT molecular complexity index is 453.